The molecule has 3 fully saturated rings. The zero-order chi connectivity index (χ0) is 43.0. The fourth-order valence-electron chi connectivity index (χ4n) is 8.25. The first kappa shape index (κ1) is 42.2. The molecule has 0 aliphatic carbocycles. The van der Waals surface area contributed by atoms with Gasteiger partial charge >= 0.3 is 12.1 Å². The predicted octanol–water partition coefficient (Wildman–Crippen LogP) is 7.08. The molecule has 5 aromatic carbocycles. The van der Waals surface area contributed by atoms with Crippen molar-refractivity contribution >= 4 is 23.0 Å². The number of fused-ring (bicyclic) bond motifs is 4. The van der Waals surface area contributed by atoms with Crippen molar-refractivity contribution in [3.63, 3.8) is 0 Å². The summed E-state index contributed by atoms with van der Waals surface area (Å²) in [5, 5.41) is 27.7. The maximum Gasteiger partial charge on any atom is 0.408 e. The number of benzene rings is 5. The van der Waals surface area contributed by atoms with E-state index in [4.69, 9.17) is 14.2 Å². The Kier molecular flexibility index (Phi) is 13.2. The highest BCUT2D eigenvalue weighted by atomic mass is 19.1. The standard InChI is InChI=1S/C49H49FN4O8/c50-41-25-31(19-22-51-27-43(56)39-15-17-42(55)47-40(39)16-18-45(57)52-47)9-14-37(41)30-61-48(58)35-12-10-32(11-13-35)29-60-38-8-4-7-36(26-38)46(34-5-2-1-3-6-34)53-49(59)62-44-28-54-23-20-33(44)21-24-54/h1-18,25-26,33,43-44,46,51,55-56H,19-24,27-30H2,(H,52,57)(H,53,59)/t43-,44-,46?/m0/s1. The van der Waals surface area contributed by atoms with Crippen LogP contribution in [0.5, 0.6) is 11.5 Å². The maximum absolute atomic E-state index is 15.0. The van der Waals surface area contributed by atoms with Crippen LogP contribution in [-0.4, -0.2) is 71.0 Å². The molecule has 3 saturated heterocycles. The number of ether oxygens (including phenoxy) is 3. The van der Waals surface area contributed by atoms with Crippen molar-refractivity contribution in [2.24, 2.45) is 5.92 Å². The first-order valence-corrected chi connectivity index (χ1v) is 20.9. The van der Waals surface area contributed by atoms with Gasteiger partial charge in [-0.05, 0) is 115 Å². The van der Waals surface area contributed by atoms with Crippen molar-refractivity contribution < 1.29 is 38.4 Å². The van der Waals surface area contributed by atoms with Gasteiger partial charge in [0.25, 0.3) is 0 Å². The van der Waals surface area contributed by atoms with Crippen molar-refractivity contribution in [3.8, 4) is 11.5 Å². The average molecular weight is 841 g/mol. The molecule has 1 aromatic heterocycles. The molecule has 62 heavy (non-hydrogen) atoms. The minimum Gasteiger partial charge on any atom is -0.506 e. The van der Waals surface area contributed by atoms with Gasteiger partial charge in [0, 0.05) is 30.1 Å². The molecule has 6 aromatic rings. The highest BCUT2D eigenvalue weighted by Crippen LogP contribution is 2.32. The monoisotopic (exact) mass is 840 g/mol. The summed E-state index contributed by atoms with van der Waals surface area (Å²) in [6.45, 7) is 3.56. The summed E-state index contributed by atoms with van der Waals surface area (Å²) in [4.78, 5) is 42.8. The molecule has 3 aliphatic heterocycles. The second-order valence-electron chi connectivity index (χ2n) is 15.9. The maximum atomic E-state index is 15.0. The number of hydrogen-bond acceptors (Lipinski definition) is 10. The Balaban J connectivity index is 0.797. The summed E-state index contributed by atoms with van der Waals surface area (Å²) in [6.07, 6.45) is 1.13. The Morgan fingerprint density at radius 2 is 1.63 bits per heavy atom. The number of aromatic amines is 1. The number of aliphatic hydroxyl groups is 1. The van der Waals surface area contributed by atoms with E-state index in [0.29, 0.717) is 41.1 Å². The number of carbonyl (C=O) groups is 2. The Morgan fingerprint density at radius 1 is 0.855 bits per heavy atom. The molecular formula is C49H49FN4O8. The Hall–Kier alpha value is -6.54. The number of esters is 1. The van der Waals surface area contributed by atoms with E-state index in [2.05, 4.69) is 20.5 Å². The van der Waals surface area contributed by atoms with Crippen molar-refractivity contribution in [1.82, 2.24) is 20.5 Å². The second-order valence-corrected chi connectivity index (χ2v) is 15.9. The molecule has 9 rings (SSSR count). The highest BCUT2D eigenvalue weighted by molar-refractivity contribution is 5.89. The third kappa shape index (κ3) is 10.3. The predicted molar refractivity (Wildman–Crippen MR) is 231 cm³/mol. The molecule has 0 radical (unpaired) electrons. The van der Waals surface area contributed by atoms with Gasteiger partial charge in [0.05, 0.1) is 23.2 Å². The Bertz CT molecular complexity index is 2560. The molecule has 0 saturated carbocycles. The van der Waals surface area contributed by atoms with Gasteiger partial charge < -0.3 is 40.0 Å². The van der Waals surface area contributed by atoms with E-state index in [1.54, 1.807) is 48.5 Å². The summed E-state index contributed by atoms with van der Waals surface area (Å²) in [5.41, 5.74) is 4.32. The zero-order valence-corrected chi connectivity index (χ0v) is 34.1. The number of rotatable bonds is 16. The lowest BCUT2D eigenvalue weighted by Crippen LogP contribution is -2.52. The van der Waals surface area contributed by atoms with Gasteiger partial charge in [-0.1, -0.05) is 72.8 Å². The number of nitrogens with zero attached hydrogens (tertiary/aromatic N) is 1. The summed E-state index contributed by atoms with van der Waals surface area (Å²) in [6, 6.07) is 34.4. The number of aliphatic hydroxyl groups excluding tert-OH is 1. The number of hydrogen-bond donors (Lipinski definition) is 5. The number of H-pyrrole nitrogens is 1. The third-order valence-corrected chi connectivity index (χ3v) is 11.7. The number of alkyl carbamates (subject to hydrolysis) is 1. The summed E-state index contributed by atoms with van der Waals surface area (Å²) in [7, 11) is 0. The smallest absolute Gasteiger partial charge is 0.408 e. The summed E-state index contributed by atoms with van der Waals surface area (Å²) < 4.78 is 32.6. The number of nitrogens with one attached hydrogen (secondary N) is 3. The number of phenolic OH excluding ortho intramolecular Hbond substituents is 1. The van der Waals surface area contributed by atoms with Gasteiger partial charge in [-0.3, -0.25) is 9.69 Å². The minimum atomic E-state index is -0.910. The SMILES string of the molecule is O=C(NC(c1ccccc1)c1cccc(OCc2ccc(C(=O)OCc3ccc(CCNC[C@H](O)c4ccc(O)c5[nH]c(=O)ccc45)cc3F)cc2)c1)O[C@H]1CN2CCC1CC2. The Labute approximate surface area is 358 Å². The lowest BCUT2D eigenvalue weighted by Gasteiger charge is -2.43. The number of pyridine rings is 1. The second kappa shape index (κ2) is 19.4. The molecular weight excluding hydrogens is 792 g/mol. The normalized spacial score (nSPS) is 17.9. The van der Waals surface area contributed by atoms with Crippen LogP contribution in [0.2, 0.25) is 0 Å². The lowest BCUT2D eigenvalue weighted by molar-refractivity contribution is -0.0336. The van der Waals surface area contributed by atoms with E-state index in [1.165, 1.54) is 18.2 Å². The molecule has 1 amide bonds. The molecule has 3 aliphatic rings. The molecule has 320 valence electrons. The molecule has 2 bridgehead atoms. The first-order valence-electron chi connectivity index (χ1n) is 20.9. The van der Waals surface area contributed by atoms with Gasteiger partial charge in [-0.25, -0.2) is 14.0 Å². The fourth-order valence-corrected chi connectivity index (χ4v) is 8.25. The van der Waals surface area contributed by atoms with E-state index in [0.717, 1.165) is 54.7 Å². The number of aromatic hydroxyl groups is 1. The molecule has 5 N–H and O–H groups in total. The van der Waals surface area contributed by atoms with Crippen LogP contribution < -0.4 is 20.9 Å². The van der Waals surface area contributed by atoms with E-state index in [9.17, 15) is 24.6 Å². The van der Waals surface area contributed by atoms with Gasteiger partial charge in [0.1, 0.15) is 36.6 Å². The van der Waals surface area contributed by atoms with Crippen LogP contribution in [0.15, 0.2) is 126 Å². The Morgan fingerprint density at radius 3 is 2.39 bits per heavy atom. The van der Waals surface area contributed by atoms with Crippen molar-refractivity contribution in [2.75, 3.05) is 32.7 Å². The van der Waals surface area contributed by atoms with Crippen LogP contribution in [0.3, 0.4) is 0 Å². The molecule has 0 spiro atoms. The van der Waals surface area contributed by atoms with Crippen molar-refractivity contribution in [3.05, 3.63) is 176 Å². The van der Waals surface area contributed by atoms with E-state index < -0.39 is 30.0 Å². The largest absolute Gasteiger partial charge is 0.506 e. The highest BCUT2D eigenvalue weighted by Gasteiger charge is 2.37. The number of carbonyl (C=O) groups excluding carboxylic acids is 2. The van der Waals surface area contributed by atoms with Crippen LogP contribution in [0.4, 0.5) is 9.18 Å². The lowest BCUT2D eigenvalue weighted by atomic mass is 9.86. The van der Waals surface area contributed by atoms with Gasteiger partial charge in [-0.2, -0.15) is 0 Å². The van der Waals surface area contributed by atoms with Crippen LogP contribution in [0.1, 0.15) is 68.7 Å². The van der Waals surface area contributed by atoms with Crippen molar-refractivity contribution in [1.29, 1.82) is 0 Å². The quantitative estimate of drug-likeness (QED) is 0.0503. The van der Waals surface area contributed by atoms with Gasteiger partial charge in [-0.15, -0.1) is 0 Å². The molecule has 1 unspecified atom stereocenters. The number of piperidine rings is 3. The zero-order valence-electron chi connectivity index (χ0n) is 34.1. The number of phenols is 1. The molecule has 3 atom stereocenters. The van der Waals surface area contributed by atoms with Crippen LogP contribution >= 0.6 is 0 Å². The minimum absolute atomic E-state index is 0.0824. The van der Waals surface area contributed by atoms with Gasteiger partial charge in [0.2, 0.25) is 5.56 Å². The fraction of sp³-hybridized carbons (Fsp3) is 0.286. The molecule has 13 heteroatoms. The number of aromatic nitrogens is 1. The van der Waals surface area contributed by atoms with E-state index in [1.807, 2.05) is 54.6 Å². The van der Waals surface area contributed by atoms with Crippen LogP contribution in [0.25, 0.3) is 10.9 Å². The van der Waals surface area contributed by atoms with E-state index in [-0.39, 0.29) is 48.3 Å². The third-order valence-electron chi connectivity index (χ3n) is 11.7. The number of halogens is 1. The number of amides is 1. The topological polar surface area (TPSA) is 162 Å². The van der Waals surface area contributed by atoms with E-state index >= 15 is 4.39 Å². The average Bonchev–Trinajstić information content (AvgIpc) is 3.29. The van der Waals surface area contributed by atoms with Crippen LogP contribution in [-0.2, 0) is 29.1 Å². The van der Waals surface area contributed by atoms with Crippen LogP contribution in [0, 0.1) is 11.7 Å². The molecule has 4 heterocycles. The molecule has 12 nitrogen and oxygen atoms in total. The first-order chi connectivity index (χ1) is 30.2. The van der Waals surface area contributed by atoms with Gasteiger partial charge in [0.15, 0.2) is 0 Å². The summed E-state index contributed by atoms with van der Waals surface area (Å²) >= 11 is 0. The summed E-state index contributed by atoms with van der Waals surface area (Å²) in [5.74, 6) is -0.147. The van der Waals surface area contributed by atoms with Crippen molar-refractivity contribution in [2.45, 2.75) is 50.7 Å².